The highest BCUT2D eigenvalue weighted by molar-refractivity contribution is 6.33. The van der Waals surface area contributed by atoms with Gasteiger partial charge in [-0.25, -0.2) is 0 Å². The summed E-state index contributed by atoms with van der Waals surface area (Å²) in [5, 5.41) is 19.3. The number of rotatable bonds is 9. The second-order valence-corrected chi connectivity index (χ2v) is 5.11. The van der Waals surface area contributed by atoms with Crippen LogP contribution in [0, 0.1) is 10.1 Å². The summed E-state index contributed by atoms with van der Waals surface area (Å²) in [4.78, 5) is 31.4. The van der Waals surface area contributed by atoms with Crippen LogP contribution in [0.5, 0.6) is 0 Å². The molecule has 8 heteroatoms. The molecular formula is C14H17Cl2NO5. The quantitative estimate of drug-likeness (QED) is 0.313. The second kappa shape index (κ2) is 10.1. The number of halogens is 2. The minimum absolute atomic E-state index is 0. The number of nitrogens with zero attached hydrogens (tertiary/aromatic N) is 1. The molecule has 0 spiro atoms. The number of nitro groups is 1. The number of aliphatic carboxylic acids is 1. The van der Waals surface area contributed by atoms with Crippen LogP contribution >= 0.6 is 24.0 Å². The zero-order valence-corrected chi connectivity index (χ0v) is 13.4. The Morgan fingerprint density at radius 2 is 1.91 bits per heavy atom. The van der Waals surface area contributed by atoms with Gasteiger partial charge in [-0.05, 0) is 37.0 Å². The maximum absolute atomic E-state index is 10.9. The highest BCUT2D eigenvalue weighted by Gasteiger charge is 2.19. The zero-order valence-electron chi connectivity index (χ0n) is 11.8. The third-order valence-electron chi connectivity index (χ3n) is 3.07. The number of hydrogen-bond donors (Lipinski definition) is 1. The molecule has 0 saturated carbocycles. The van der Waals surface area contributed by atoms with Crippen molar-refractivity contribution < 1.29 is 19.6 Å². The van der Waals surface area contributed by atoms with E-state index in [4.69, 9.17) is 16.7 Å². The molecule has 22 heavy (non-hydrogen) atoms. The summed E-state index contributed by atoms with van der Waals surface area (Å²) in [7, 11) is 0. The molecule has 0 saturated heterocycles. The number of carbonyl (C=O) groups is 2. The lowest BCUT2D eigenvalue weighted by molar-refractivity contribution is -0.384. The van der Waals surface area contributed by atoms with Gasteiger partial charge in [-0.1, -0.05) is 24.4 Å². The van der Waals surface area contributed by atoms with Gasteiger partial charge in [0.1, 0.15) is 5.02 Å². The molecule has 1 N–H and O–H groups in total. The van der Waals surface area contributed by atoms with Gasteiger partial charge in [-0.3, -0.25) is 19.7 Å². The Bertz CT molecular complexity index is 548. The Kier molecular flexibility index (Phi) is 9.37. The van der Waals surface area contributed by atoms with Crippen molar-refractivity contribution >= 4 is 42.0 Å². The Labute approximate surface area is 139 Å². The average molecular weight is 350 g/mol. The predicted octanol–water partition coefficient (Wildman–Crippen LogP) is 4.06. The number of nitro benzene ring substituents is 1. The summed E-state index contributed by atoms with van der Waals surface area (Å²) in [5.41, 5.74) is 0.385. The van der Waals surface area contributed by atoms with E-state index < -0.39 is 10.9 Å². The highest BCUT2D eigenvalue weighted by atomic mass is 35.5. The SMILES string of the molecule is Cl.O=Cc1cc(CCCCCCC(=O)O)cc(Cl)c1[N+](=O)[O-]. The number of benzene rings is 1. The molecule has 1 aromatic rings. The van der Waals surface area contributed by atoms with Crippen molar-refractivity contribution in [3.8, 4) is 0 Å². The Morgan fingerprint density at radius 1 is 1.27 bits per heavy atom. The van der Waals surface area contributed by atoms with Crippen molar-refractivity contribution in [2.24, 2.45) is 0 Å². The maximum Gasteiger partial charge on any atom is 0.303 e. The van der Waals surface area contributed by atoms with Crippen molar-refractivity contribution in [1.82, 2.24) is 0 Å². The molecule has 0 aliphatic heterocycles. The molecule has 1 rings (SSSR count). The van der Waals surface area contributed by atoms with Crippen molar-refractivity contribution in [2.45, 2.75) is 38.5 Å². The van der Waals surface area contributed by atoms with Crippen molar-refractivity contribution in [3.05, 3.63) is 38.4 Å². The molecular weight excluding hydrogens is 333 g/mol. The molecule has 0 fully saturated rings. The van der Waals surface area contributed by atoms with E-state index >= 15 is 0 Å². The minimum atomic E-state index is -0.798. The van der Waals surface area contributed by atoms with E-state index in [2.05, 4.69) is 0 Å². The summed E-state index contributed by atoms with van der Waals surface area (Å²) in [6, 6.07) is 2.98. The molecule has 0 unspecified atom stereocenters. The van der Waals surface area contributed by atoms with E-state index in [9.17, 15) is 19.7 Å². The lowest BCUT2D eigenvalue weighted by Crippen LogP contribution is -1.98. The Balaban J connectivity index is 0.00000441. The number of carboxylic acid groups (broad SMARTS) is 1. The molecule has 0 heterocycles. The molecule has 0 aliphatic carbocycles. The third kappa shape index (κ3) is 6.41. The normalized spacial score (nSPS) is 9.86. The number of hydrogen-bond acceptors (Lipinski definition) is 4. The van der Waals surface area contributed by atoms with E-state index in [0.717, 1.165) is 24.8 Å². The highest BCUT2D eigenvalue weighted by Crippen LogP contribution is 2.29. The lowest BCUT2D eigenvalue weighted by atomic mass is 10.0. The predicted molar refractivity (Wildman–Crippen MR) is 85.2 cm³/mol. The number of carbonyl (C=O) groups excluding carboxylic acids is 1. The van der Waals surface area contributed by atoms with Crippen LogP contribution < -0.4 is 0 Å². The van der Waals surface area contributed by atoms with Crippen molar-refractivity contribution in [3.63, 3.8) is 0 Å². The fraction of sp³-hybridized carbons (Fsp3) is 0.429. The van der Waals surface area contributed by atoms with Crippen molar-refractivity contribution in [1.29, 1.82) is 0 Å². The summed E-state index contributed by atoms with van der Waals surface area (Å²) in [6.07, 6.45) is 4.36. The van der Waals surface area contributed by atoms with Gasteiger partial charge in [0.2, 0.25) is 0 Å². The first-order valence-electron chi connectivity index (χ1n) is 6.59. The Hall–Kier alpha value is -1.66. The molecule has 1 aromatic carbocycles. The van der Waals surface area contributed by atoms with Gasteiger partial charge in [0.15, 0.2) is 6.29 Å². The average Bonchev–Trinajstić information content (AvgIpc) is 2.41. The van der Waals surface area contributed by atoms with Gasteiger partial charge in [-0.15, -0.1) is 12.4 Å². The molecule has 0 bridgehead atoms. The molecule has 122 valence electrons. The van der Waals surface area contributed by atoms with Gasteiger partial charge in [0.05, 0.1) is 10.5 Å². The minimum Gasteiger partial charge on any atom is -0.481 e. The second-order valence-electron chi connectivity index (χ2n) is 4.70. The fourth-order valence-corrected chi connectivity index (χ4v) is 2.38. The largest absolute Gasteiger partial charge is 0.481 e. The first kappa shape index (κ1) is 20.3. The van der Waals surface area contributed by atoms with Crippen LogP contribution in [0.2, 0.25) is 5.02 Å². The van der Waals surface area contributed by atoms with Gasteiger partial charge in [-0.2, -0.15) is 0 Å². The third-order valence-corrected chi connectivity index (χ3v) is 3.36. The van der Waals surface area contributed by atoms with E-state index in [-0.39, 0.29) is 35.1 Å². The molecule has 6 nitrogen and oxygen atoms in total. The molecule has 0 atom stereocenters. The van der Waals surface area contributed by atoms with Crippen LogP contribution in [0.25, 0.3) is 0 Å². The maximum atomic E-state index is 10.9. The van der Waals surface area contributed by atoms with E-state index in [0.29, 0.717) is 19.1 Å². The van der Waals surface area contributed by atoms with E-state index in [1.54, 1.807) is 0 Å². The van der Waals surface area contributed by atoms with E-state index in [1.165, 1.54) is 12.1 Å². The lowest BCUT2D eigenvalue weighted by Gasteiger charge is -2.05. The van der Waals surface area contributed by atoms with Crippen LogP contribution in [0.4, 0.5) is 5.69 Å². The van der Waals surface area contributed by atoms with Crippen LogP contribution in [-0.4, -0.2) is 22.3 Å². The zero-order chi connectivity index (χ0) is 15.8. The molecule has 0 aliphatic rings. The van der Waals surface area contributed by atoms with Crippen LogP contribution in [0.3, 0.4) is 0 Å². The standard InChI is InChI=1S/C14H16ClNO5.ClH/c15-12-8-10(5-3-1-2-4-6-13(18)19)7-11(9-17)14(12)16(20)21;/h7-9H,1-6H2,(H,18,19);1H. The first-order chi connectivity index (χ1) is 9.95. The fourth-order valence-electron chi connectivity index (χ4n) is 2.06. The smallest absolute Gasteiger partial charge is 0.303 e. The summed E-state index contributed by atoms with van der Waals surface area (Å²) < 4.78 is 0. The van der Waals surface area contributed by atoms with Crippen molar-refractivity contribution in [2.75, 3.05) is 0 Å². The van der Waals surface area contributed by atoms with Crippen LogP contribution in [0.1, 0.15) is 48.0 Å². The van der Waals surface area contributed by atoms with Crippen LogP contribution in [-0.2, 0) is 11.2 Å². The van der Waals surface area contributed by atoms with Crippen LogP contribution in [0.15, 0.2) is 12.1 Å². The number of carboxylic acids is 1. The molecule has 0 aromatic heterocycles. The topological polar surface area (TPSA) is 97.5 Å². The molecule has 0 amide bonds. The van der Waals surface area contributed by atoms with E-state index in [1.807, 2.05) is 0 Å². The molecule has 0 radical (unpaired) electrons. The summed E-state index contributed by atoms with van der Waals surface area (Å²) >= 11 is 5.84. The van der Waals surface area contributed by atoms with Gasteiger partial charge < -0.3 is 5.11 Å². The van der Waals surface area contributed by atoms with Gasteiger partial charge in [0, 0.05) is 6.42 Å². The number of aryl methyl sites for hydroxylation is 1. The number of aldehydes is 1. The van der Waals surface area contributed by atoms with Gasteiger partial charge >= 0.3 is 5.97 Å². The summed E-state index contributed by atoms with van der Waals surface area (Å²) in [6.45, 7) is 0. The number of unbranched alkanes of at least 4 members (excludes halogenated alkanes) is 3. The monoisotopic (exact) mass is 349 g/mol. The Morgan fingerprint density at radius 3 is 2.45 bits per heavy atom. The first-order valence-corrected chi connectivity index (χ1v) is 6.97. The van der Waals surface area contributed by atoms with Gasteiger partial charge in [0.25, 0.3) is 5.69 Å². The summed E-state index contributed by atoms with van der Waals surface area (Å²) in [5.74, 6) is -0.798.